The van der Waals surface area contributed by atoms with Gasteiger partial charge in [-0.3, -0.25) is 9.59 Å². The lowest BCUT2D eigenvalue weighted by Crippen LogP contribution is -2.30. The molecule has 2 aromatic rings. The minimum absolute atomic E-state index is 0.101. The van der Waals surface area contributed by atoms with Crippen LogP contribution in [0.4, 0.5) is 0 Å². The summed E-state index contributed by atoms with van der Waals surface area (Å²) in [6.45, 7) is 2.59. The summed E-state index contributed by atoms with van der Waals surface area (Å²) in [4.78, 5) is 31.1. The molecule has 0 spiro atoms. The lowest BCUT2D eigenvalue weighted by atomic mass is 10.2. The van der Waals surface area contributed by atoms with Crippen molar-refractivity contribution in [2.24, 2.45) is 0 Å². The highest BCUT2D eigenvalue weighted by Gasteiger charge is 2.16. The number of ether oxygens (including phenoxy) is 2. The smallest absolute Gasteiger partial charge is 0.270 e. The average molecular weight is 432 g/mol. The van der Waals surface area contributed by atoms with Gasteiger partial charge in [-0.15, -0.1) is 11.3 Å². The van der Waals surface area contributed by atoms with E-state index in [4.69, 9.17) is 9.47 Å². The first-order chi connectivity index (χ1) is 14.6. The first-order valence-corrected chi connectivity index (χ1v) is 10.7. The van der Waals surface area contributed by atoms with E-state index in [9.17, 15) is 9.59 Å². The Labute approximate surface area is 181 Å². The SMILES string of the molecule is COCCCNC(=O)c1csc(CN(CCCOC)C(=O)C=Cc2ccccc2)n1. The van der Waals surface area contributed by atoms with Gasteiger partial charge in [0.05, 0.1) is 6.54 Å². The van der Waals surface area contributed by atoms with Gasteiger partial charge in [0, 0.05) is 52.0 Å². The molecular formula is C22H29N3O4S. The quantitative estimate of drug-likeness (QED) is 0.390. The van der Waals surface area contributed by atoms with Gasteiger partial charge in [0.15, 0.2) is 0 Å². The van der Waals surface area contributed by atoms with Gasteiger partial charge in [-0.1, -0.05) is 30.3 Å². The van der Waals surface area contributed by atoms with E-state index < -0.39 is 0 Å². The molecule has 0 aliphatic carbocycles. The number of carbonyl (C=O) groups is 2. The number of nitrogens with one attached hydrogen (secondary N) is 1. The molecule has 2 amide bonds. The number of aromatic nitrogens is 1. The van der Waals surface area contributed by atoms with Crippen LogP contribution < -0.4 is 5.32 Å². The van der Waals surface area contributed by atoms with Gasteiger partial charge in [-0.05, 0) is 24.5 Å². The molecule has 30 heavy (non-hydrogen) atoms. The number of thiazole rings is 1. The topological polar surface area (TPSA) is 80.8 Å². The van der Waals surface area contributed by atoms with Gasteiger partial charge in [-0.25, -0.2) is 4.98 Å². The second-order valence-electron chi connectivity index (χ2n) is 6.58. The fraction of sp³-hybridized carbons (Fsp3) is 0.409. The van der Waals surface area contributed by atoms with Crippen LogP contribution in [0.5, 0.6) is 0 Å². The van der Waals surface area contributed by atoms with E-state index in [1.165, 1.54) is 11.3 Å². The normalized spacial score (nSPS) is 11.0. The number of amides is 2. The van der Waals surface area contributed by atoms with Crippen molar-refractivity contribution in [1.82, 2.24) is 15.2 Å². The first kappa shape index (κ1) is 23.7. The highest BCUT2D eigenvalue weighted by Crippen LogP contribution is 2.14. The Kier molecular flexibility index (Phi) is 10.8. The summed E-state index contributed by atoms with van der Waals surface area (Å²) in [5, 5.41) is 5.26. The molecule has 1 aromatic heterocycles. The van der Waals surface area contributed by atoms with Crippen LogP contribution in [-0.2, 0) is 20.8 Å². The standard InChI is InChI=1S/C22H29N3O4S/c1-28-14-6-12-23-22(27)19-17-30-20(24-19)16-25(13-7-15-29-2)21(26)11-10-18-8-4-3-5-9-18/h3-5,8-11,17H,6-7,12-16H2,1-2H3,(H,23,27). The van der Waals surface area contributed by atoms with Crippen LogP contribution in [-0.4, -0.2) is 62.2 Å². The van der Waals surface area contributed by atoms with Crippen molar-refractivity contribution < 1.29 is 19.1 Å². The lowest BCUT2D eigenvalue weighted by molar-refractivity contribution is -0.126. The Morgan fingerprint density at radius 3 is 2.60 bits per heavy atom. The van der Waals surface area contributed by atoms with Crippen molar-refractivity contribution in [3.8, 4) is 0 Å². The summed E-state index contributed by atoms with van der Waals surface area (Å²) in [6, 6.07) is 9.68. The molecule has 1 N–H and O–H groups in total. The number of hydrogen-bond donors (Lipinski definition) is 1. The van der Waals surface area contributed by atoms with Crippen molar-refractivity contribution in [3.05, 3.63) is 58.1 Å². The zero-order chi connectivity index (χ0) is 21.6. The molecule has 0 bridgehead atoms. The van der Waals surface area contributed by atoms with Gasteiger partial charge < -0.3 is 19.7 Å². The van der Waals surface area contributed by atoms with E-state index in [-0.39, 0.29) is 11.8 Å². The molecule has 0 atom stereocenters. The molecule has 0 unspecified atom stereocenters. The maximum Gasteiger partial charge on any atom is 0.270 e. The van der Waals surface area contributed by atoms with Crippen LogP contribution in [0.3, 0.4) is 0 Å². The molecule has 0 saturated heterocycles. The lowest BCUT2D eigenvalue weighted by Gasteiger charge is -2.20. The van der Waals surface area contributed by atoms with Crippen molar-refractivity contribution in [3.63, 3.8) is 0 Å². The molecule has 0 radical (unpaired) electrons. The van der Waals surface area contributed by atoms with Crippen molar-refractivity contribution >= 4 is 29.2 Å². The van der Waals surface area contributed by atoms with Gasteiger partial charge in [0.2, 0.25) is 5.91 Å². The van der Waals surface area contributed by atoms with Crippen molar-refractivity contribution in [2.75, 3.05) is 40.5 Å². The Bertz CT molecular complexity index is 808. The zero-order valence-corrected chi connectivity index (χ0v) is 18.3. The third-order valence-corrected chi connectivity index (χ3v) is 5.06. The summed E-state index contributed by atoms with van der Waals surface area (Å²) in [7, 11) is 3.27. The summed E-state index contributed by atoms with van der Waals surface area (Å²) in [5.74, 6) is -0.314. The van der Waals surface area contributed by atoms with Gasteiger partial charge in [0.25, 0.3) is 5.91 Å². The molecule has 8 heteroatoms. The van der Waals surface area contributed by atoms with Crippen LogP contribution in [0.1, 0.15) is 33.9 Å². The summed E-state index contributed by atoms with van der Waals surface area (Å²) < 4.78 is 10.1. The van der Waals surface area contributed by atoms with Crippen LogP contribution in [0.15, 0.2) is 41.8 Å². The number of rotatable bonds is 13. The summed E-state index contributed by atoms with van der Waals surface area (Å²) in [5.41, 5.74) is 1.33. The molecular weight excluding hydrogens is 402 g/mol. The van der Waals surface area contributed by atoms with Crippen LogP contribution in [0.25, 0.3) is 6.08 Å². The minimum Gasteiger partial charge on any atom is -0.385 e. The van der Waals surface area contributed by atoms with Gasteiger partial charge in [0.1, 0.15) is 10.7 Å². The number of hydrogen-bond acceptors (Lipinski definition) is 6. The van der Waals surface area contributed by atoms with E-state index in [0.717, 1.165) is 23.4 Å². The highest BCUT2D eigenvalue weighted by atomic mass is 32.1. The summed E-state index contributed by atoms with van der Waals surface area (Å²) in [6.07, 6.45) is 4.83. The molecule has 0 saturated carbocycles. The molecule has 2 rings (SSSR count). The number of nitrogens with zero attached hydrogens (tertiary/aromatic N) is 2. The van der Waals surface area contributed by atoms with Gasteiger partial charge in [-0.2, -0.15) is 0 Å². The number of benzene rings is 1. The monoisotopic (exact) mass is 431 g/mol. The summed E-state index contributed by atoms with van der Waals surface area (Å²) >= 11 is 1.38. The van der Waals surface area contributed by atoms with Crippen LogP contribution in [0, 0.1) is 0 Å². The molecule has 0 aliphatic rings. The number of methoxy groups -OCH3 is 2. The van der Waals surface area contributed by atoms with E-state index >= 15 is 0 Å². The third-order valence-electron chi connectivity index (χ3n) is 4.23. The minimum atomic E-state index is -0.213. The first-order valence-electron chi connectivity index (χ1n) is 9.86. The predicted octanol–water partition coefficient (Wildman–Crippen LogP) is 2.99. The molecule has 0 fully saturated rings. The van der Waals surface area contributed by atoms with Crippen molar-refractivity contribution in [1.29, 1.82) is 0 Å². The van der Waals surface area contributed by atoms with Gasteiger partial charge >= 0.3 is 0 Å². The largest absolute Gasteiger partial charge is 0.385 e. The fourth-order valence-corrected chi connectivity index (χ4v) is 3.45. The van der Waals surface area contributed by atoms with Crippen LogP contribution in [0.2, 0.25) is 0 Å². The van der Waals surface area contributed by atoms with E-state index in [1.807, 2.05) is 30.3 Å². The maximum atomic E-state index is 12.7. The average Bonchev–Trinajstić information content (AvgIpc) is 3.24. The van der Waals surface area contributed by atoms with Crippen molar-refractivity contribution in [2.45, 2.75) is 19.4 Å². The molecule has 1 aromatic carbocycles. The Morgan fingerprint density at radius 2 is 1.87 bits per heavy atom. The molecule has 1 heterocycles. The molecule has 7 nitrogen and oxygen atoms in total. The Morgan fingerprint density at radius 1 is 1.13 bits per heavy atom. The predicted molar refractivity (Wildman–Crippen MR) is 118 cm³/mol. The Balaban J connectivity index is 1.98. The highest BCUT2D eigenvalue weighted by molar-refractivity contribution is 7.09. The number of carbonyl (C=O) groups excluding carboxylic acids is 2. The fourth-order valence-electron chi connectivity index (χ4n) is 2.66. The zero-order valence-electron chi connectivity index (χ0n) is 17.5. The van der Waals surface area contributed by atoms with E-state index in [0.29, 0.717) is 38.5 Å². The third kappa shape index (κ3) is 8.44. The second-order valence-corrected chi connectivity index (χ2v) is 7.52. The molecule has 162 valence electrons. The second kappa shape index (κ2) is 13.6. The van der Waals surface area contributed by atoms with E-state index in [1.54, 1.807) is 36.7 Å². The molecule has 0 aliphatic heterocycles. The van der Waals surface area contributed by atoms with E-state index in [2.05, 4.69) is 10.3 Å². The Hall–Kier alpha value is -2.55. The van der Waals surface area contributed by atoms with Crippen LogP contribution >= 0.6 is 11.3 Å². The maximum absolute atomic E-state index is 12.7.